The predicted molar refractivity (Wildman–Crippen MR) is 84.6 cm³/mol. The molecule has 0 saturated carbocycles. The molecule has 2 heterocycles. The maximum Gasteiger partial charge on any atom is 0.259 e. The van der Waals surface area contributed by atoms with Gasteiger partial charge in [0.05, 0.1) is 10.9 Å². The number of nitrogens with zero attached hydrogens (tertiary/aromatic N) is 2. The fourth-order valence-corrected chi connectivity index (χ4v) is 2.42. The molecule has 22 heavy (non-hydrogen) atoms. The van der Waals surface area contributed by atoms with Crippen molar-refractivity contribution >= 4 is 17.6 Å². The Morgan fingerprint density at radius 3 is 2.64 bits per heavy atom. The Morgan fingerprint density at radius 2 is 2.00 bits per heavy atom. The Labute approximate surface area is 126 Å². The zero-order chi connectivity index (χ0) is 15.9. The fourth-order valence-electron chi connectivity index (χ4n) is 2.42. The van der Waals surface area contributed by atoms with Gasteiger partial charge in [-0.3, -0.25) is 15.2 Å². The van der Waals surface area contributed by atoms with Gasteiger partial charge in [0.2, 0.25) is 5.88 Å². The predicted octanol–water partition coefficient (Wildman–Crippen LogP) is 0.897. The van der Waals surface area contributed by atoms with Crippen LogP contribution in [0.4, 0.5) is 5.69 Å². The first kappa shape index (κ1) is 14.1. The summed E-state index contributed by atoms with van der Waals surface area (Å²) in [4.78, 5) is 14.5. The van der Waals surface area contributed by atoms with E-state index >= 15 is 0 Å². The number of aromatic amines is 1. The third kappa shape index (κ3) is 2.18. The van der Waals surface area contributed by atoms with Crippen LogP contribution in [0.15, 0.2) is 40.2 Å². The molecule has 0 radical (unpaired) electrons. The number of pyridine rings is 1. The van der Waals surface area contributed by atoms with Crippen molar-refractivity contribution in [1.29, 1.82) is 5.41 Å². The van der Waals surface area contributed by atoms with Gasteiger partial charge in [0, 0.05) is 0 Å². The molecule has 0 unspecified atom stereocenters. The van der Waals surface area contributed by atoms with Gasteiger partial charge in [-0.15, -0.1) is 0 Å². The second-order valence-corrected chi connectivity index (χ2v) is 5.45. The molecular weight excluding hydrogens is 280 g/mol. The maximum absolute atomic E-state index is 12.1. The van der Waals surface area contributed by atoms with Crippen molar-refractivity contribution in [2.75, 3.05) is 5.01 Å². The van der Waals surface area contributed by atoms with E-state index in [0.29, 0.717) is 16.3 Å². The van der Waals surface area contributed by atoms with Crippen LogP contribution in [0.2, 0.25) is 0 Å². The number of fused-ring (bicyclic) bond motifs is 1. The van der Waals surface area contributed by atoms with Crippen LogP contribution in [-0.4, -0.2) is 15.9 Å². The molecule has 0 fully saturated rings. The van der Waals surface area contributed by atoms with Gasteiger partial charge >= 0.3 is 0 Å². The number of amidine groups is 1. The van der Waals surface area contributed by atoms with E-state index in [9.17, 15) is 9.90 Å². The third-order valence-corrected chi connectivity index (χ3v) is 3.35. The summed E-state index contributed by atoms with van der Waals surface area (Å²) in [5.41, 5.74) is 0.540. The Morgan fingerprint density at radius 1 is 1.32 bits per heavy atom. The van der Waals surface area contributed by atoms with E-state index in [4.69, 9.17) is 5.41 Å². The Balaban J connectivity index is 2.32. The largest absolute Gasteiger partial charge is 0.494 e. The van der Waals surface area contributed by atoms with Crippen molar-refractivity contribution in [1.82, 2.24) is 4.98 Å². The molecule has 3 rings (SSSR count). The molecular formula is C16H16N4O2. The van der Waals surface area contributed by atoms with Crippen molar-refractivity contribution in [3.05, 3.63) is 56.8 Å². The number of aromatic nitrogens is 1. The zero-order valence-corrected chi connectivity index (χ0v) is 12.3. The van der Waals surface area contributed by atoms with Gasteiger partial charge in [0.1, 0.15) is 10.9 Å². The van der Waals surface area contributed by atoms with Crippen molar-refractivity contribution < 1.29 is 5.11 Å². The number of benzene rings is 1. The number of nitrogens with one attached hydrogen (secondary N) is 2. The highest BCUT2D eigenvalue weighted by Crippen LogP contribution is 2.21. The number of aromatic hydroxyl groups is 1. The van der Waals surface area contributed by atoms with Gasteiger partial charge in [-0.05, 0) is 18.1 Å². The number of hydrogen-bond acceptors (Lipinski definition) is 4. The highest BCUT2D eigenvalue weighted by Gasteiger charge is 2.26. The van der Waals surface area contributed by atoms with E-state index in [1.54, 1.807) is 6.08 Å². The summed E-state index contributed by atoms with van der Waals surface area (Å²) < 4.78 is 0. The second kappa shape index (κ2) is 5.14. The molecule has 2 aromatic rings. The van der Waals surface area contributed by atoms with Gasteiger partial charge in [-0.2, -0.15) is 5.10 Å². The SMILES string of the molecule is CC(C)/C=c1/c(=O)[nH]c(O)c2c1=NN(c1ccccc1)C2=N. The third-order valence-electron chi connectivity index (χ3n) is 3.35. The lowest BCUT2D eigenvalue weighted by Gasteiger charge is -2.13. The van der Waals surface area contributed by atoms with Gasteiger partial charge in [0.15, 0.2) is 5.84 Å². The number of para-hydroxylation sites is 1. The van der Waals surface area contributed by atoms with E-state index in [0.717, 1.165) is 0 Å². The molecule has 3 N–H and O–H groups in total. The zero-order valence-electron chi connectivity index (χ0n) is 12.3. The van der Waals surface area contributed by atoms with Crippen molar-refractivity contribution in [2.24, 2.45) is 11.0 Å². The summed E-state index contributed by atoms with van der Waals surface area (Å²) in [5, 5.41) is 24.8. The van der Waals surface area contributed by atoms with Crippen LogP contribution in [-0.2, 0) is 0 Å². The maximum atomic E-state index is 12.1. The minimum atomic E-state index is -0.406. The lowest BCUT2D eigenvalue weighted by molar-refractivity contribution is 0.449. The Hall–Kier alpha value is -2.89. The molecule has 6 heteroatoms. The molecule has 0 aliphatic carbocycles. The van der Waals surface area contributed by atoms with Crippen LogP contribution in [0.5, 0.6) is 5.88 Å². The van der Waals surface area contributed by atoms with E-state index in [1.165, 1.54) is 5.01 Å². The van der Waals surface area contributed by atoms with E-state index in [-0.39, 0.29) is 23.2 Å². The number of hydrogen-bond donors (Lipinski definition) is 3. The van der Waals surface area contributed by atoms with Crippen LogP contribution in [0.3, 0.4) is 0 Å². The monoisotopic (exact) mass is 296 g/mol. The molecule has 1 aromatic carbocycles. The first-order chi connectivity index (χ1) is 10.5. The molecule has 0 amide bonds. The number of rotatable bonds is 2. The molecule has 0 atom stereocenters. The van der Waals surface area contributed by atoms with Crippen LogP contribution >= 0.6 is 0 Å². The molecule has 0 saturated heterocycles. The van der Waals surface area contributed by atoms with Gasteiger partial charge < -0.3 is 5.11 Å². The first-order valence-corrected chi connectivity index (χ1v) is 6.99. The summed E-state index contributed by atoms with van der Waals surface area (Å²) in [5.74, 6) is -0.147. The summed E-state index contributed by atoms with van der Waals surface area (Å²) in [6.07, 6.45) is 1.78. The van der Waals surface area contributed by atoms with Crippen LogP contribution in [0, 0.1) is 11.3 Å². The van der Waals surface area contributed by atoms with E-state index < -0.39 is 5.56 Å². The van der Waals surface area contributed by atoms with Crippen molar-refractivity contribution in [3.8, 4) is 5.88 Å². The summed E-state index contributed by atoms with van der Waals surface area (Å²) in [6.45, 7) is 3.90. The molecule has 0 bridgehead atoms. The second-order valence-electron chi connectivity index (χ2n) is 5.45. The van der Waals surface area contributed by atoms with E-state index in [2.05, 4.69) is 10.1 Å². The minimum absolute atomic E-state index is 0.0355. The van der Waals surface area contributed by atoms with Crippen LogP contribution in [0.25, 0.3) is 6.08 Å². The van der Waals surface area contributed by atoms with Crippen LogP contribution < -0.4 is 21.1 Å². The molecule has 1 aliphatic heterocycles. The smallest absolute Gasteiger partial charge is 0.259 e. The highest BCUT2D eigenvalue weighted by molar-refractivity contribution is 6.10. The highest BCUT2D eigenvalue weighted by atomic mass is 16.3. The van der Waals surface area contributed by atoms with Gasteiger partial charge in [0.25, 0.3) is 5.56 Å². The molecule has 0 spiro atoms. The van der Waals surface area contributed by atoms with Gasteiger partial charge in [-0.25, -0.2) is 5.01 Å². The topological polar surface area (TPSA) is 92.5 Å². The van der Waals surface area contributed by atoms with Gasteiger partial charge in [-0.1, -0.05) is 38.1 Å². The summed E-state index contributed by atoms with van der Waals surface area (Å²) in [7, 11) is 0. The molecule has 6 nitrogen and oxygen atoms in total. The Kier molecular flexibility index (Phi) is 3.29. The average Bonchev–Trinajstić information content (AvgIpc) is 2.82. The van der Waals surface area contributed by atoms with Crippen molar-refractivity contribution in [2.45, 2.75) is 13.8 Å². The lowest BCUT2D eigenvalue weighted by Crippen LogP contribution is -2.42. The van der Waals surface area contributed by atoms with E-state index in [1.807, 2.05) is 44.2 Å². The Bertz CT molecular complexity index is 914. The number of anilines is 1. The minimum Gasteiger partial charge on any atom is -0.494 e. The van der Waals surface area contributed by atoms with Crippen LogP contribution in [0.1, 0.15) is 19.4 Å². The summed E-state index contributed by atoms with van der Waals surface area (Å²) >= 11 is 0. The standard InChI is InChI=1S/C16H16N4O2/c1-9(2)8-11-13-12(16(22)18-15(11)21)14(17)20(19-13)10-6-4-3-5-7-10/h3-9,17,22H,1-2H3,(H,18,21)/b11-8+,17-14?. The lowest BCUT2D eigenvalue weighted by atomic mass is 10.1. The summed E-state index contributed by atoms with van der Waals surface area (Å²) in [6, 6.07) is 9.18. The number of H-pyrrole nitrogens is 1. The normalized spacial score (nSPS) is 14.4. The van der Waals surface area contributed by atoms with Crippen molar-refractivity contribution in [3.63, 3.8) is 0 Å². The first-order valence-electron chi connectivity index (χ1n) is 6.99. The molecule has 112 valence electrons. The quantitative estimate of drug-likeness (QED) is 0.768. The average molecular weight is 296 g/mol. The fraction of sp³-hybridized carbons (Fsp3) is 0.188. The molecule has 1 aliphatic rings. The molecule has 1 aromatic heterocycles.